The minimum absolute atomic E-state index is 0.0703. The lowest BCUT2D eigenvalue weighted by molar-refractivity contribution is -0.133. The second-order valence-electron chi connectivity index (χ2n) is 6.70. The summed E-state index contributed by atoms with van der Waals surface area (Å²) in [7, 11) is 0. The number of amides is 3. The van der Waals surface area contributed by atoms with Crippen LogP contribution in [0, 0.1) is 11.7 Å². The third kappa shape index (κ3) is 3.09. The Kier molecular flexibility index (Phi) is 4.73. The predicted molar refractivity (Wildman–Crippen MR) is 87.1 cm³/mol. The first-order valence-electron chi connectivity index (χ1n) is 8.54. The molecule has 1 aromatic rings. The Bertz CT molecular complexity index is 630. The lowest BCUT2D eigenvalue weighted by Gasteiger charge is -2.34. The number of hydrogen-bond acceptors (Lipinski definition) is 3. The molecule has 1 heterocycles. The number of para-hydroxylation sites is 1. The van der Waals surface area contributed by atoms with Crippen LogP contribution in [0.5, 0.6) is 5.75 Å². The highest BCUT2D eigenvalue weighted by molar-refractivity contribution is 6.07. The highest BCUT2D eigenvalue weighted by Crippen LogP contribution is 2.36. The number of urea groups is 1. The van der Waals surface area contributed by atoms with Crippen LogP contribution in [0.3, 0.4) is 0 Å². The quantitative estimate of drug-likeness (QED) is 0.842. The highest BCUT2D eigenvalue weighted by atomic mass is 19.1. The molecule has 3 rings (SSSR count). The normalized spacial score (nSPS) is 25.0. The molecule has 5 nitrogen and oxygen atoms in total. The van der Waals surface area contributed by atoms with Crippen molar-refractivity contribution in [3.63, 3.8) is 0 Å². The van der Waals surface area contributed by atoms with E-state index in [1.165, 1.54) is 23.5 Å². The van der Waals surface area contributed by atoms with Crippen molar-refractivity contribution in [3.05, 3.63) is 30.1 Å². The van der Waals surface area contributed by atoms with Gasteiger partial charge in [-0.3, -0.25) is 9.69 Å². The maximum Gasteiger partial charge on any atom is 0.325 e. The number of nitrogens with one attached hydrogen (secondary N) is 1. The largest absolute Gasteiger partial charge is 0.489 e. The molecule has 0 bridgehead atoms. The first kappa shape index (κ1) is 16.7. The molecule has 1 aliphatic carbocycles. The van der Waals surface area contributed by atoms with E-state index in [9.17, 15) is 14.0 Å². The summed E-state index contributed by atoms with van der Waals surface area (Å²) in [5, 5.41) is 2.87. The number of imide groups is 1. The Labute approximate surface area is 141 Å². The number of carbonyl (C=O) groups is 2. The van der Waals surface area contributed by atoms with Crippen LogP contribution in [-0.2, 0) is 4.79 Å². The van der Waals surface area contributed by atoms with E-state index in [0.717, 1.165) is 25.7 Å². The van der Waals surface area contributed by atoms with Gasteiger partial charge in [0.25, 0.3) is 5.91 Å². The van der Waals surface area contributed by atoms with Gasteiger partial charge in [0.1, 0.15) is 12.1 Å². The molecule has 1 atom stereocenters. The fourth-order valence-electron chi connectivity index (χ4n) is 3.68. The van der Waals surface area contributed by atoms with Crippen LogP contribution in [0.1, 0.15) is 39.0 Å². The van der Waals surface area contributed by atoms with Crippen molar-refractivity contribution in [2.24, 2.45) is 5.92 Å². The molecule has 1 saturated carbocycles. The molecular formula is C18H23FN2O3. The number of rotatable bonds is 5. The summed E-state index contributed by atoms with van der Waals surface area (Å²) in [6.07, 6.45) is 5.30. The van der Waals surface area contributed by atoms with Gasteiger partial charge in [-0.1, -0.05) is 31.4 Å². The molecule has 0 radical (unpaired) electrons. The standard InChI is InChI=1S/C18H23FN2O3/c1-18(13-7-3-2-4-8-13)16(22)21(17(23)20-18)11-12-24-15-10-6-5-9-14(15)19/h5-6,9-10,13H,2-4,7-8,11-12H2,1H3,(H,20,23)/t18-/m0/s1. The van der Waals surface area contributed by atoms with Crippen LogP contribution in [0.4, 0.5) is 9.18 Å². The Balaban J connectivity index is 1.61. The number of benzene rings is 1. The number of hydrogen-bond donors (Lipinski definition) is 1. The fourth-order valence-corrected chi connectivity index (χ4v) is 3.68. The summed E-state index contributed by atoms with van der Waals surface area (Å²) < 4.78 is 18.9. The molecule has 2 aliphatic rings. The smallest absolute Gasteiger partial charge is 0.325 e. The van der Waals surface area contributed by atoms with Gasteiger partial charge in [0.05, 0.1) is 6.54 Å². The Hall–Kier alpha value is -2.11. The van der Waals surface area contributed by atoms with Crippen LogP contribution in [0.15, 0.2) is 24.3 Å². The zero-order chi connectivity index (χ0) is 17.2. The first-order valence-corrected chi connectivity index (χ1v) is 8.54. The highest BCUT2D eigenvalue weighted by Gasteiger charge is 2.52. The van der Waals surface area contributed by atoms with Gasteiger partial charge in [-0.15, -0.1) is 0 Å². The van der Waals surface area contributed by atoms with Gasteiger partial charge in [-0.05, 0) is 37.8 Å². The van der Waals surface area contributed by atoms with Crippen LogP contribution >= 0.6 is 0 Å². The lowest BCUT2D eigenvalue weighted by Crippen LogP contribution is -2.51. The van der Waals surface area contributed by atoms with E-state index in [2.05, 4.69) is 5.32 Å². The second kappa shape index (κ2) is 6.79. The van der Waals surface area contributed by atoms with Gasteiger partial charge in [0.2, 0.25) is 0 Å². The summed E-state index contributed by atoms with van der Waals surface area (Å²) >= 11 is 0. The van der Waals surface area contributed by atoms with Gasteiger partial charge in [-0.2, -0.15) is 0 Å². The van der Waals surface area contributed by atoms with Crippen molar-refractivity contribution >= 4 is 11.9 Å². The average Bonchev–Trinajstić information content (AvgIpc) is 2.81. The summed E-state index contributed by atoms with van der Waals surface area (Å²) in [4.78, 5) is 26.2. The molecule has 1 aliphatic heterocycles. The Morgan fingerprint density at radius 1 is 1.25 bits per heavy atom. The summed E-state index contributed by atoms with van der Waals surface area (Å²) in [6.45, 7) is 2.00. The average molecular weight is 334 g/mol. The summed E-state index contributed by atoms with van der Waals surface area (Å²) in [5.41, 5.74) is -0.824. The Morgan fingerprint density at radius 3 is 2.67 bits per heavy atom. The third-order valence-electron chi connectivity index (χ3n) is 5.13. The van der Waals surface area contributed by atoms with Crippen LogP contribution in [-0.4, -0.2) is 35.5 Å². The van der Waals surface area contributed by atoms with Crippen LogP contribution < -0.4 is 10.1 Å². The molecule has 1 aromatic carbocycles. The molecule has 1 saturated heterocycles. The monoisotopic (exact) mass is 334 g/mol. The van der Waals surface area contributed by atoms with Crippen molar-refractivity contribution in [1.82, 2.24) is 10.2 Å². The van der Waals surface area contributed by atoms with E-state index in [0.29, 0.717) is 0 Å². The van der Waals surface area contributed by atoms with Crippen LogP contribution in [0.2, 0.25) is 0 Å². The van der Waals surface area contributed by atoms with Gasteiger partial charge in [-0.25, -0.2) is 9.18 Å². The van der Waals surface area contributed by atoms with E-state index in [-0.39, 0.29) is 36.8 Å². The topological polar surface area (TPSA) is 58.6 Å². The molecule has 0 aromatic heterocycles. The number of halogens is 1. The molecule has 3 amide bonds. The van der Waals surface area contributed by atoms with Gasteiger partial charge < -0.3 is 10.1 Å². The molecule has 6 heteroatoms. The van der Waals surface area contributed by atoms with E-state index in [1.807, 2.05) is 6.92 Å². The molecule has 24 heavy (non-hydrogen) atoms. The number of nitrogens with zero attached hydrogens (tertiary/aromatic N) is 1. The van der Waals surface area contributed by atoms with E-state index in [4.69, 9.17) is 4.74 Å². The molecule has 0 unspecified atom stereocenters. The second-order valence-corrected chi connectivity index (χ2v) is 6.70. The van der Waals surface area contributed by atoms with E-state index >= 15 is 0 Å². The van der Waals surface area contributed by atoms with Crippen molar-refractivity contribution in [2.45, 2.75) is 44.6 Å². The van der Waals surface area contributed by atoms with Gasteiger partial charge in [0, 0.05) is 0 Å². The van der Waals surface area contributed by atoms with Crippen LogP contribution in [0.25, 0.3) is 0 Å². The minimum atomic E-state index is -0.824. The summed E-state index contributed by atoms with van der Waals surface area (Å²) in [6, 6.07) is 5.70. The first-order chi connectivity index (χ1) is 11.5. The van der Waals surface area contributed by atoms with E-state index < -0.39 is 11.4 Å². The van der Waals surface area contributed by atoms with Crippen molar-refractivity contribution in [2.75, 3.05) is 13.2 Å². The van der Waals surface area contributed by atoms with Gasteiger partial charge in [0.15, 0.2) is 11.6 Å². The predicted octanol–water partition coefficient (Wildman–Crippen LogP) is 3.10. The van der Waals surface area contributed by atoms with E-state index in [1.54, 1.807) is 12.1 Å². The molecule has 1 N–H and O–H groups in total. The molecule has 130 valence electrons. The van der Waals surface area contributed by atoms with Gasteiger partial charge >= 0.3 is 6.03 Å². The Morgan fingerprint density at radius 2 is 1.96 bits per heavy atom. The third-order valence-corrected chi connectivity index (χ3v) is 5.13. The number of carbonyl (C=O) groups excluding carboxylic acids is 2. The fraction of sp³-hybridized carbons (Fsp3) is 0.556. The maximum absolute atomic E-state index is 13.5. The number of ether oxygens (including phenoxy) is 1. The minimum Gasteiger partial charge on any atom is -0.489 e. The molecule has 2 fully saturated rings. The lowest BCUT2D eigenvalue weighted by atomic mass is 9.75. The maximum atomic E-state index is 13.5. The molecular weight excluding hydrogens is 311 g/mol. The zero-order valence-electron chi connectivity index (χ0n) is 13.9. The zero-order valence-corrected chi connectivity index (χ0v) is 13.9. The van der Waals surface area contributed by atoms with Crippen molar-refractivity contribution < 1.29 is 18.7 Å². The van der Waals surface area contributed by atoms with Crippen molar-refractivity contribution in [1.29, 1.82) is 0 Å². The van der Waals surface area contributed by atoms with Crippen molar-refractivity contribution in [3.8, 4) is 5.75 Å². The summed E-state index contributed by atoms with van der Waals surface area (Å²) in [5.74, 6) is -0.349. The SMILES string of the molecule is C[C@@]1(C2CCCCC2)NC(=O)N(CCOc2ccccc2F)C1=O. The molecule has 0 spiro atoms.